The zero-order valence-electron chi connectivity index (χ0n) is 18.7. The summed E-state index contributed by atoms with van der Waals surface area (Å²) in [6.45, 7) is 2.04. The third-order valence-electron chi connectivity index (χ3n) is 5.30. The number of benzene rings is 2. The van der Waals surface area contributed by atoms with Crippen LogP contribution in [-0.4, -0.2) is 27.7 Å². The lowest BCUT2D eigenvalue weighted by molar-refractivity contribution is 0.0940. The molecule has 1 aliphatic rings. The second kappa shape index (κ2) is 9.86. The van der Waals surface area contributed by atoms with Crippen molar-refractivity contribution in [3.05, 3.63) is 89.2 Å². The third kappa shape index (κ3) is 5.10. The van der Waals surface area contributed by atoms with Gasteiger partial charge in [-0.3, -0.25) is 4.79 Å². The summed E-state index contributed by atoms with van der Waals surface area (Å²) >= 11 is 6.35. The lowest BCUT2D eigenvalue weighted by atomic mass is 10.1. The summed E-state index contributed by atoms with van der Waals surface area (Å²) < 4.78 is 10.9. The number of anilines is 4. The van der Waals surface area contributed by atoms with E-state index < -0.39 is 0 Å². The number of ether oxygens (including phenoxy) is 2. The first kappa shape index (κ1) is 22.4. The largest absolute Gasteiger partial charge is 0.454 e. The Morgan fingerprint density at radius 2 is 1.80 bits per heavy atom. The van der Waals surface area contributed by atoms with E-state index in [1.165, 1.54) is 0 Å². The van der Waals surface area contributed by atoms with Gasteiger partial charge in [-0.25, -0.2) is 9.97 Å². The first-order chi connectivity index (χ1) is 17.1. The van der Waals surface area contributed by atoms with Gasteiger partial charge in [-0.15, -0.1) is 0 Å². The number of fused-ring (bicyclic) bond motifs is 1. The SMILES string of the molecule is CC(NC(=O)c1ccccc1)c1ccnc(Nc2nccc(Nc3c(Cl)ccc4c3OCO4)n2)c1. The summed E-state index contributed by atoms with van der Waals surface area (Å²) in [4.78, 5) is 25.6. The van der Waals surface area contributed by atoms with Crippen molar-refractivity contribution in [1.29, 1.82) is 0 Å². The van der Waals surface area contributed by atoms with Crippen LogP contribution < -0.4 is 25.4 Å². The van der Waals surface area contributed by atoms with Crippen LogP contribution in [0, 0.1) is 0 Å². The fourth-order valence-electron chi connectivity index (χ4n) is 3.53. The highest BCUT2D eigenvalue weighted by atomic mass is 35.5. The number of hydrogen-bond donors (Lipinski definition) is 3. The second-order valence-electron chi connectivity index (χ2n) is 7.71. The zero-order chi connectivity index (χ0) is 24.2. The Labute approximate surface area is 206 Å². The van der Waals surface area contributed by atoms with Crippen molar-refractivity contribution in [3.8, 4) is 11.5 Å². The van der Waals surface area contributed by atoms with E-state index in [0.717, 1.165) is 5.56 Å². The minimum Gasteiger partial charge on any atom is -0.454 e. The molecular formula is C25H21ClN6O3. The summed E-state index contributed by atoms with van der Waals surface area (Å²) in [6.07, 6.45) is 3.27. The number of halogens is 1. The van der Waals surface area contributed by atoms with Crippen LogP contribution in [0.25, 0.3) is 0 Å². The van der Waals surface area contributed by atoms with Crippen molar-refractivity contribution >= 4 is 40.8 Å². The zero-order valence-corrected chi connectivity index (χ0v) is 19.4. The molecule has 0 saturated carbocycles. The molecule has 0 bridgehead atoms. The Hall–Kier alpha value is -4.37. The maximum Gasteiger partial charge on any atom is 0.251 e. The Bertz CT molecular complexity index is 1370. The number of carbonyl (C=O) groups is 1. The monoisotopic (exact) mass is 488 g/mol. The summed E-state index contributed by atoms with van der Waals surface area (Å²) in [5.74, 6) is 2.38. The molecule has 1 unspecified atom stereocenters. The van der Waals surface area contributed by atoms with E-state index in [0.29, 0.717) is 45.4 Å². The molecule has 0 aliphatic carbocycles. The van der Waals surface area contributed by atoms with Gasteiger partial charge in [0.1, 0.15) is 17.3 Å². The molecule has 2 aromatic heterocycles. The van der Waals surface area contributed by atoms with E-state index in [4.69, 9.17) is 21.1 Å². The topological polar surface area (TPSA) is 110 Å². The van der Waals surface area contributed by atoms with Gasteiger partial charge in [0.05, 0.1) is 11.1 Å². The minimum atomic E-state index is -0.232. The Balaban J connectivity index is 1.29. The van der Waals surface area contributed by atoms with Gasteiger partial charge in [0, 0.05) is 18.0 Å². The molecule has 9 nitrogen and oxygen atoms in total. The molecule has 0 saturated heterocycles. The second-order valence-corrected chi connectivity index (χ2v) is 8.11. The molecular weight excluding hydrogens is 468 g/mol. The third-order valence-corrected chi connectivity index (χ3v) is 5.62. The smallest absolute Gasteiger partial charge is 0.251 e. The number of nitrogens with zero attached hydrogens (tertiary/aromatic N) is 3. The molecule has 1 amide bonds. The first-order valence-electron chi connectivity index (χ1n) is 10.8. The minimum absolute atomic E-state index is 0.132. The van der Waals surface area contributed by atoms with Crippen molar-refractivity contribution in [2.45, 2.75) is 13.0 Å². The van der Waals surface area contributed by atoms with Crippen LogP contribution >= 0.6 is 11.6 Å². The Morgan fingerprint density at radius 1 is 0.971 bits per heavy atom. The molecule has 0 spiro atoms. The van der Waals surface area contributed by atoms with Gasteiger partial charge in [-0.05, 0) is 55.0 Å². The standard InChI is InChI=1S/C25H21ClN6O3/c1-15(29-24(33)16-5-3-2-4-6-16)17-9-11-27-21(13-17)32-25-28-12-10-20(31-25)30-22-18(26)7-8-19-23(22)35-14-34-19/h2-13,15H,14H2,1H3,(H,29,33)(H2,27,28,30,31,32). The van der Waals surface area contributed by atoms with E-state index in [9.17, 15) is 4.79 Å². The predicted octanol–water partition coefficient (Wildman–Crippen LogP) is 5.23. The van der Waals surface area contributed by atoms with Crippen molar-refractivity contribution in [2.75, 3.05) is 17.4 Å². The fraction of sp³-hybridized carbons (Fsp3) is 0.120. The van der Waals surface area contributed by atoms with E-state index in [1.807, 2.05) is 37.3 Å². The molecule has 1 aliphatic heterocycles. The van der Waals surface area contributed by atoms with Gasteiger partial charge in [0.2, 0.25) is 12.7 Å². The maximum absolute atomic E-state index is 12.5. The Kier molecular flexibility index (Phi) is 6.32. The quantitative estimate of drug-likeness (QED) is 0.324. The van der Waals surface area contributed by atoms with Crippen molar-refractivity contribution in [1.82, 2.24) is 20.3 Å². The number of amides is 1. The molecule has 35 heavy (non-hydrogen) atoms. The molecule has 5 rings (SSSR count). The van der Waals surface area contributed by atoms with Gasteiger partial charge < -0.3 is 25.4 Å². The summed E-state index contributed by atoms with van der Waals surface area (Å²) in [5.41, 5.74) is 2.05. The van der Waals surface area contributed by atoms with Crippen LogP contribution in [0.3, 0.4) is 0 Å². The molecule has 3 heterocycles. The van der Waals surface area contributed by atoms with Crippen LogP contribution in [0.15, 0.2) is 73.1 Å². The summed E-state index contributed by atoms with van der Waals surface area (Å²) in [6, 6.07) is 17.7. The predicted molar refractivity (Wildman–Crippen MR) is 133 cm³/mol. The van der Waals surface area contributed by atoms with Gasteiger partial charge in [-0.1, -0.05) is 29.8 Å². The van der Waals surface area contributed by atoms with Crippen LogP contribution in [0.1, 0.15) is 28.9 Å². The number of carbonyl (C=O) groups excluding carboxylic acids is 1. The molecule has 4 aromatic rings. The molecule has 0 fully saturated rings. The van der Waals surface area contributed by atoms with E-state index >= 15 is 0 Å². The number of pyridine rings is 1. The maximum atomic E-state index is 12.5. The summed E-state index contributed by atoms with van der Waals surface area (Å²) in [7, 11) is 0. The van der Waals surface area contributed by atoms with Crippen LogP contribution in [-0.2, 0) is 0 Å². The van der Waals surface area contributed by atoms with Crippen LogP contribution in [0.4, 0.5) is 23.3 Å². The molecule has 176 valence electrons. The van der Waals surface area contributed by atoms with Crippen LogP contribution in [0.2, 0.25) is 5.02 Å². The number of rotatable bonds is 7. The average molecular weight is 489 g/mol. The fourth-order valence-corrected chi connectivity index (χ4v) is 3.73. The average Bonchev–Trinajstić information content (AvgIpc) is 3.36. The molecule has 0 radical (unpaired) electrons. The summed E-state index contributed by atoms with van der Waals surface area (Å²) in [5, 5.41) is 9.74. The van der Waals surface area contributed by atoms with Gasteiger partial charge in [0.25, 0.3) is 5.91 Å². The number of aromatic nitrogens is 3. The highest BCUT2D eigenvalue weighted by Crippen LogP contribution is 2.44. The molecule has 3 N–H and O–H groups in total. The number of hydrogen-bond acceptors (Lipinski definition) is 8. The highest BCUT2D eigenvalue weighted by molar-refractivity contribution is 6.33. The van der Waals surface area contributed by atoms with Gasteiger partial charge in [0.15, 0.2) is 11.5 Å². The first-order valence-corrected chi connectivity index (χ1v) is 11.2. The normalized spacial score (nSPS) is 12.6. The van der Waals surface area contributed by atoms with E-state index in [1.54, 1.807) is 42.7 Å². The lowest BCUT2D eigenvalue weighted by Crippen LogP contribution is -2.26. The van der Waals surface area contributed by atoms with Gasteiger partial charge >= 0.3 is 0 Å². The van der Waals surface area contributed by atoms with Crippen molar-refractivity contribution in [2.24, 2.45) is 0 Å². The van der Waals surface area contributed by atoms with Gasteiger partial charge in [-0.2, -0.15) is 4.98 Å². The lowest BCUT2D eigenvalue weighted by Gasteiger charge is -2.15. The van der Waals surface area contributed by atoms with E-state index in [-0.39, 0.29) is 18.7 Å². The van der Waals surface area contributed by atoms with E-state index in [2.05, 4.69) is 30.9 Å². The Morgan fingerprint density at radius 3 is 2.66 bits per heavy atom. The van der Waals surface area contributed by atoms with Crippen LogP contribution in [0.5, 0.6) is 11.5 Å². The molecule has 10 heteroatoms. The number of nitrogens with one attached hydrogen (secondary N) is 3. The van der Waals surface area contributed by atoms with Crippen molar-refractivity contribution in [3.63, 3.8) is 0 Å². The molecule has 2 aromatic carbocycles. The van der Waals surface area contributed by atoms with Crippen molar-refractivity contribution < 1.29 is 14.3 Å². The molecule has 1 atom stereocenters. The highest BCUT2D eigenvalue weighted by Gasteiger charge is 2.21.